The van der Waals surface area contributed by atoms with Gasteiger partial charge in [-0.3, -0.25) is 4.79 Å². The Labute approximate surface area is 124 Å². The summed E-state index contributed by atoms with van der Waals surface area (Å²) in [6.07, 6.45) is 0. The average molecular weight is 288 g/mol. The fourth-order valence-corrected chi connectivity index (χ4v) is 1.89. The van der Waals surface area contributed by atoms with E-state index in [1.165, 1.54) is 0 Å². The standard InChI is InChI=1S/C16H20N2O3/c1-12-2-4-13(5-3-12)16(20)18-9-8-17-10-14-6-7-15(11-19)21-14/h2-7,17,19H,8-11H2,1H3,(H,18,20). The number of benzene rings is 1. The Morgan fingerprint density at radius 1 is 1.10 bits per heavy atom. The second kappa shape index (κ2) is 7.61. The van der Waals surface area contributed by atoms with Crippen LogP contribution in [-0.4, -0.2) is 24.1 Å². The zero-order valence-electron chi connectivity index (χ0n) is 12.1. The summed E-state index contributed by atoms with van der Waals surface area (Å²) in [4.78, 5) is 11.8. The Kier molecular flexibility index (Phi) is 5.54. The molecule has 21 heavy (non-hydrogen) atoms. The summed E-state index contributed by atoms with van der Waals surface area (Å²) in [5.41, 5.74) is 1.80. The van der Waals surface area contributed by atoms with Gasteiger partial charge in [0.2, 0.25) is 0 Å². The summed E-state index contributed by atoms with van der Waals surface area (Å²) in [5.74, 6) is 1.25. The van der Waals surface area contributed by atoms with Gasteiger partial charge in [-0.25, -0.2) is 0 Å². The first-order valence-electron chi connectivity index (χ1n) is 6.93. The minimum Gasteiger partial charge on any atom is -0.462 e. The van der Waals surface area contributed by atoms with Crippen LogP contribution in [0.3, 0.4) is 0 Å². The maximum Gasteiger partial charge on any atom is 0.251 e. The number of aryl methyl sites for hydroxylation is 1. The number of hydrogen-bond donors (Lipinski definition) is 3. The van der Waals surface area contributed by atoms with Gasteiger partial charge in [0, 0.05) is 18.7 Å². The van der Waals surface area contributed by atoms with E-state index in [2.05, 4.69) is 10.6 Å². The Morgan fingerprint density at radius 3 is 2.48 bits per heavy atom. The molecule has 0 unspecified atom stereocenters. The predicted octanol–water partition coefficient (Wildman–Crippen LogP) is 1.60. The number of carbonyl (C=O) groups is 1. The van der Waals surface area contributed by atoms with Crippen LogP contribution in [0.2, 0.25) is 0 Å². The molecule has 0 aliphatic rings. The molecular formula is C16H20N2O3. The molecule has 112 valence electrons. The van der Waals surface area contributed by atoms with Crippen LogP contribution in [0, 0.1) is 6.92 Å². The van der Waals surface area contributed by atoms with E-state index in [1.807, 2.05) is 37.3 Å². The van der Waals surface area contributed by atoms with Crippen LogP contribution < -0.4 is 10.6 Å². The molecule has 1 aromatic heterocycles. The van der Waals surface area contributed by atoms with Gasteiger partial charge in [0.15, 0.2) is 0 Å². The largest absolute Gasteiger partial charge is 0.462 e. The van der Waals surface area contributed by atoms with E-state index in [1.54, 1.807) is 6.07 Å². The molecule has 0 aliphatic heterocycles. The molecule has 0 spiro atoms. The van der Waals surface area contributed by atoms with Crippen LogP contribution in [0.1, 0.15) is 27.4 Å². The molecule has 3 N–H and O–H groups in total. The molecule has 5 nitrogen and oxygen atoms in total. The van der Waals surface area contributed by atoms with Crippen molar-refractivity contribution in [3.05, 3.63) is 59.0 Å². The van der Waals surface area contributed by atoms with E-state index in [9.17, 15) is 4.79 Å². The lowest BCUT2D eigenvalue weighted by molar-refractivity contribution is 0.0954. The lowest BCUT2D eigenvalue weighted by Gasteiger charge is -2.06. The minimum atomic E-state index is -0.0907. The number of carbonyl (C=O) groups excluding carboxylic acids is 1. The van der Waals surface area contributed by atoms with Crippen LogP contribution >= 0.6 is 0 Å². The first-order chi connectivity index (χ1) is 10.2. The third kappa shape index (κ3) is 4.73. The highest BCUT2D eigenvalue weighted by molar-refractivity contribution is 5.94. The first kappa shape index (κ1) is 15.3. The van der Waals surface area contributed by atoms with Crippen molar-refractivity contribution in [2.75, 3.05) is 13.1 Å². The summed E-state index contributed by atoms with van der Waals surface area (Å²) in [6, 6.07) is 11.0. The van der Waals surface area contributed by atoms with Gasteiger partial charge in [0.05, 0.1) is 6.54 Å². The maximum atomic E-state index is 11.8. The zero-order valence-corrected chi connectivity index (χ0v) is 12.1. The zero-order chi connectivity index (χ0) is 15.1. The smallest absolute Gasteiger partial charge is 0.251 e. The molecule has 0 saturated heterocycles. The van der Waals surface area contributed by atoms with Crippen molar-refractivity contribution in [3.63, 3.8) is 0 Å². The first-order valence-corrected chi connectivity index (χ1v) is 6.93. The topological polar surface area (TPSA) is 74.5 Å². The van der Waals surface area contributed by atoms with Gasteiger partial charge in [-0.1, -0.05) is 17.7 Å². The lowest BCUT2D eigenvalue weighted by Crippen LogP contribution is -2.31. The SMILES string of the molecule is Cc1ccc(C(=O)NCCNCc2ccc(CO)o2)cc1. The Hall–Kier alpha value is -2.11. The maximum absolute atomic E-state index is 11.8. The highest BCUT2D eigenvalue weighted by atomic mass is 16.4. The Morgan fingerprint density at radius 2 is 1.81 bits per heavy atom. The molecular weight excluding hydrogens is 268 g/mol. The normalized spacial score (nSPS) is 10.6. The number of rotatable bonds is 7. The highest BCUT2D eigenvalue weighted by Crippen LogP contribution is 2.06. The Balaban J connectivity index is 1.65. The summed E-state index contributed by atoms with van der Waals surface area (Å²) >= 11 is 0. The molecule has 0 saturated carbocycles. The van der Waals surface area contributed by atoms with Crippen LogP contribution in [0.5, 0.6) is 0 Å². The minimum absolute atomic E-state index is 0.0719. The third-order valence-electron chi connectivity index (χ3n) is 3.07. The number of amides is 1. The van der Waals surface area contributed by atoms with Crippen molar-refractivity contribution in [2.24, 2.45) is 0 Å². The monoisotopic (exact) mass is 288 g/mol. The molecule has 1 aromatic carbocycles. The van der Waals surface area contributed by atoms with Crippen LogP contribution in [-0.2, 0) is 13.2 Å². The number of aliphatic hydroxyl groups is 1. The van der Waals surface area contributed by atoms with Crippen LogP contribution in [0.25, 0.3) is 0 Å². The van der Waals surface area contributed by atoms with Gasteiger partial charge >= 0.3 is 0 Å². The van der Waals surface area contributed by atoms with Crippen LogP contribution in [0.4, 0.5) is 0 Å². The second-order valence-electron chi connectivity index (χ2n) is 4.82. The molecule has 5 heteroatoms. The van der Waals surface area contributed by atoms with Crippen molar-refractivity contribution in [1.29, 1.82) is 0 Å². The van der Waals surface area contributed by atoms with Gasteiger partial charge in [-0.05, 0) is 31.2 Å². The van der Waals surface area contributed by atoms with Crippen molar-refractivity contribution in [3.8, 4) is 0 Å². The van der Waals surface area contributed by atoms with Crippen molar-refractivity contribution < 1.29 is 14.3 Å². The third-order valence-corrected chi connectivity index (χ3v) is 3.07. The van der Waals surface area contributed by atoms with E-state index in [4.69, 9.17) is 9.52 Å². The summed E-state index contributed by atoms with van der Waals surface area (Å²) in [5, 5.41) is 14.9. The van der Waals surface area contributed by atoms with Gasteiger partial charge in [-0.15, -0.1) is 0 Å². The van der Waals surface area contributed by atoms with Crippen molar-refractivity contribution in [1.82, 2.24) is 10.6 Å². The van der Waals surface area contributed by atoms with Crippen molar-refractivity contribution in [2.45, 2.75) is 20.1 Å². The van der Waals surface area contributed by atoms with Gasteiger partial charge in [-0.2, -0.15) is 0 Å². The van der Waals surface area contributed by atoms with E-state index in [0.29, 0.717) is 31.0 Å². The number of nitrogens with one attached hydrogen (secondary N) is 2. The molecule has 1 heterocycles. The average Bonchev–Trinajstić information content (AvgIpc) is 2.95. The van der Waals surface area contributed by atoms with Gasteiger partial charge in [0.25, 0.3) is 5.91 Å². The lowest BCUT2D eigenvalue weighted by atomic mass is 10.1. The molecule has 2 rings (SSSR count). The second-order valence-corrected chi connectivity index (χ2v) is 4.82. The number of furan rings is 1. The Bertz CT molecular complexity index is 575. The van der Waals surface area contributed by atoms with Gasteiger partial charge in [0.1, 0.15) is 18.1 Å². The molecule has 2 aromatic rings. The number of aliphatic hydroxyl groups excluding tert-OH is 1. The van der Waals surface area contributed by atoms with Crippen LogP contribution in [0.15, 0.2) is 40.8 Å². The molecule has 0 aliphatic carbocycles. The molecule has 0 fully saturated rings. The predicted molar refractivity (Wildman–Crippen MR) is 79.8 cm³/mol. The van der Waals surface area contributed by atoms with E-state index in [0.717, 1.165) is 11.3 Å². The summed E-state index contributed by atoms with van der Waals surface area (Å²) in [6.45, 7) is 3.66. The molecule has 0 bridgehead atoms. The highest BCUT2D eigenvalue weighted by Gasteiger charge is 2.04. The summed E-state index contributed by atoms with van der Waals surface area (Å²) in [7, 11) is 0. The quantitative estimate of drug-likeness (QED) is 0.677. The molecule has 0 radical (unpaired) electrons. The van der Waals surface area contributed by atoms with E-state index >= 15 is 0 Å². The fraction of sp³-hybridized carbons (Fsp3) is 0.312. The fourth-order valence-electron chi connectivity index (χ4n) is 1.89. The molecule has 0 atom stereocenters. The summed E-state index contributed by atoms with van der Waals surface area (Å²) < 4.78 is 5.34. The molecule has 1 amide bonds. The van der Waals surface area contributed by atoms with Crippen molar-refractivity contribution >= 4 is 5.91 Å². The van der Waals surface area contributed by atoms with Gasteiger partial charge < -0.3 is 20.2 Å². The van der Waals surface area contributed by atoms with E-state index in [-0.39, 0.29) is 12.5 Å². The number of hydrogen-bond acceptors (Lipinski definition) is 4. The van der Waals surface area contributed by atoms with E-state index < -0.39 is 0 Å².